The van der Waals surface area contributed by atoms with Gasteiger partial charge < -0.3 is 10.3 Å². The van der Waals surface area contributed by atoms with Crippen molar-refractivity contribution in [3.8, 4) is 0 Å². The highest BCUT2D eigenvalue weighted by atomic mass is 15.4. The fourth-order valence-corrected chi connectivity index (χ4v) is 4.52. The number of fused-ring (bicyclic) bond motifs is 3. The maximum Gasteiger partial charge on any atom is 0.141 e. The van der Waals surface area contributed by atoms with Crippen LogP contribution in [0.1, 0.15) is 42.9 Å². The minimum atomic E-state index is 0.499. The molecule has 6 nitrogen and oxygen atoms in total. The summed E-state index contributed by atoms with van der Waals surface area (Å²) in [5.41, 5.74) is 4.58. The van der Waals surface area contributed by atoms with Crippen LogP contribution in [0.15, 0.2) is 48.9 Å². The van der Waals surface area contributed by atoms with Crippen LogP contribution < -0.4 is 5.32 Å². The molecule has 2 N–H and O–H groups in total. The number of benzene rings is 1. The number of aromatic nitrogens is 5. The standard InChI is InChI=1S/C22H26N6/c1-2-4-16(5-3-1)10-12-23-14-17-6-8-18(9-7-17)20-21-19-11-13-24-22(19)25-15-28(21)27-26-20/h1-5,11,13,15,17-18,23-24H,6-10,12,14H2/t17-,18-. The molecule has 4 aromatic rings. The van der Waals surface area contributed by atoms with Gasteiger partial charge in [-0.25, -0.2) is 9.50 Å². The molecule has 28 heavy (non-hydrogen) atoms. The van der Waals surface area contributed by atoms with Crippen LogP contribution in [0.5, 0.6) is 0 Å². The quantitative estimate of drug-likeness (QED) is 0.505. The molecule has 1 aromatic carbocycles. The van der Waals surface area contributed by atoms with Crippen molar-refractivity contribution >= 4 is 16.6 Å². The summed E-state index contributed by atoms with van der Waals surface area (Å²) in [4.78, 5) is 7.59. The molecule has 0 radical (unpaired) electrons. The molecular weight excluding hydrogens is 348 g/mol. The van der Waals surface area contributed by atoms with E-state index in [1.165, 1.54) is 31.2 Å². The fraction of sp³-hybridized carbons (Fsp3) is 0.409. The Kier molecular flexibility index (Phi) is 4.79. The largest absolute Gasteiger partial charge is 0.346 e. The van der Waals surface area contributed by atoms with Gasteiger partial charge in [-0.2, -0.15) is 0 Å². The molecule has 0 unspecified atom stereocenters. The van der Waals surface area contributed by atoms with Crippen molar-refractivity contribution < 1.29 is 0 Å². The summed E-state index contributed by atoms with van der Waals surface area (Å²) in [6.45, 7) is 2.17. The highest BCUT2D eigenvalue weighted by Crippen LogP contribution is 2.37. The molecule has 1 aliphatic rings. The van der Waals surface area contributed by atoms with E-state index < -0.39 is 0 Å². The molecular formula is C22H26N6. The normalized spacial score (nSPS) is 20.1. The lowest BCUT2D eigenvalue weighted by Gasteiger charge is -2.27. The van der Waals surface area contributed by atoms with Gasteiger partial charge in [0.2, 0.25) is 0 Å². The van der Waals surface area contributed by atoms with Crippen molar-refractivity contribution in [2.75, 3.05) is 13.1 Å². The predicted molar refractivity (Wildman–Crippen MR) is 110 cm³/mol. The predicted octanol–water partition coefficient (Wildman–Crippen LogP) is 3.71. The van der Waals surface area contributed by atoms with E-state index in [9.17, 15) is 0 Å². The number of hydrogen-bond acceptors (Lipinski definition) is 4. The second kappa shape index (κ2) is 7.72. The van der Waals surface area contributed by atoms with Crippen LogP contribution in [0.3, 0.4) is 0 Å². The van der Waals surface area contributed by atoms with Crippen LogP contribution in [0, 0.1) is 5.92 Å². The van der Waals surface area contributed by atoms with E-state index in [0.717, 1.165) is 47.7 Å². The second-order valence-electron chi connectivity index (χ2n) is 7.91. The summed E-state index contributed by atoms with van der Waals surface area (Å²) in [7, 11) is 0. The van der Waals surface area contributed by atoms with Gasteiger partial charge in [-0.05, 0) is 62.7 Å². The van der Waals surface area contributed by atoms with E-state index in [-0.39, 0.29) is 0 Å². The van der Waals surface area contributed by atoms with Crippen LogP contribution in [-0.2, 0) is 6.42 Å². The van der Waals surface area contributed by atoms with Crippen LogP contribution >= 0.6 is 0 Å². The molecule has 0 aliphatic heterocycles. The molecule has 0 bridgehead atoms. The first kappa shape index (κ1) is 17.4. The first-order valence-electron chi connectivity index (χ1n) is 10.3. The topological polar surface area (TPSA) is 70.9 Å². The molecule has 0 spiro atoms. The summed E-state index contributed by atoms with van der Waals surface area (Å²) in [5.74, 6) is 1.27. The minimum Gasteiger partial charge on any atom is -0.346 e. The van der Waals surface area contributed by atoms with Crippen LogP contribution in [-0.4, -0.2) is 37.9 Å². The highest BCUT2D eigenvalue weighted by Gasteiger charge is 2.26. The van der Waals surface area contributed by atoms with E-state index in [0.29, 0.717) is 5.92 Å². The summed E-state index contributed by atoms with van der Waals surface area (Å²) in [6.07, 6.45) is 9.68. The van der Waals surface area contributed by atoms with Crippen LogP contribution in [0.25, 0.3) is 16.6 Å². The van der Waals surface area contributed by atoms with Crippen molar-refractivity contribution in [1.29, 1.82) is 0 Å². The van der Waals surface area contributed by atoms with Gasteiger partial charge in [0.15, 0.2) is 0 Å². The lowest BCUT2D eigenvalue weighted by atomic mass is 9.80. The molecule has 3 heterocycles. The van der Waals surface area contributed by atoms with Crippen molar-refractivity contribution in [3.05, 3.63) is 60.2 Å². The molecule has 6 heteroatoms. The number of nitrogens with one attached hydrogen (secondary N) is 2. The van der Waals surface area contributed by atoms with E-state index in [1.807, 2.05) is 10.7 Å². The third-order valence-electron chi connectivity index (χ3n) is 6.10. The van der Waals surface area contributed by atoms with Crippen LogP contribution in [0.2, 0.25) is 0 Å². The molecule has 5 rings (SSSR count). The molecule has 1 fully saturated rings. The highest BCUT2D eigenvalue weighted by molar-refractivity contribution is 5.92. The summed E-state index contributed by atoms with van der Waals surface area (Å²) in [6, 6.07) is 12.8. The van der Waals surface area contributed by atoms with Gasteiger partial charge in [0.1, 0.15) is 17.5 Å². The SMILES string of the molecule is c1ccc(CCNC[C@H]2CC[C@H](c3nnn4cnc5[nH]ccc5c34)CC2)cc1. The smallest absolute Gasteiger partial charge is 0.141 e. The van der Waals surface area contributed by atoms with Crippen molar-refractivity contribution in [2.24, 2.45) is 5.92 Å². The zero-order valence-corrected chi connectivity index (χ0v) is 16.0. The van der Waals surface area contributed by atoms with Crippen molar-refractivity contribution in [1.82, 2.24) is 30.1 Å². The molecule has 3 aromatic heterocycles. The molecule has 0 amide bonds. The Morgan fingerprint density at radius 3 is 2.79 bits per heavy atom. The van der Waals surface area contributed by atoms with Gasteiger partial charge >= 0.3 is 0 Å². The third-order valence-corrected chi connectivity index (χ3v) is 6.10. The van der Waals surface area contributed by atoms with Crippen molar-refractivity contribution in [3.63, 3.8) is 0 Å². The number of nitrogens with zero attached hydrogens (tertiary/aromatic N) is 4. The lowest BCUT2D eigenvalue weighted by molar-refractivity contribution is 0.313. The molecule has 1 saturated carbocycles. The zero-order chi connectivity index (χ0) is 18.8. The van der Waals surface area contributed by atoms with Gasteiger partial charge in [-0.3, -0.25) is 0 Å². The van der Waals surface area contributed by atoms with Gasteiger partial charge in [-0.15, -0.1) is 5.10 Å². The second-order valence-corrected chi connectivity index (χ2v) is 7.91. The van der Waals surface area contributed by atoms with E-state index in [4.69, 9.17) is 0 Å². The molecule has 0 saturated heterocycles. The van der Waals surface area contributed by atoms with Crippen molar-refractivity contribution in [2.45, 2.75) is 38.0 Å². The van der Waals surface area contributed by atoms with E-state index >= 15 is 0 Å². The first-order chi connectivity index (χ1) is 13.9. The maximum atomic E-state index is 4.53. The average Bonchev–Trinajstić information content (AvgIpc) is 3.39. The Hall–Kier alpha value is -2.73. The third kappa shape index (κ3) is 3.40. The summed E-state index contributed by atoms with van der Waals surface area (Å²) in [5, 5.41) is 13.6. The van der Waals surface area contributed by atoms with Crippen LogP contribution in [0.4, 0.5) is 0 Å². The number of hydrogen-bond donors (Lipinski definition) is 2. The molecule has 0 atom stereocenters. The van der Waals surface area contributed by atoms with Gasteiger partial charge in [0, 0.05) is 17.5 Å². The monoisotopic (exact) mass is 374 g/mol. The number of H-pyrrole nitrogens is 1. The van der Waals surface area contributed by atoms with Gasteiger partial charge in [-0.1, -0.05) is 35.5 Å². The zero-order valence-electron chi connectivity index (χ0n) is 16.0. The maximum absolute atomic E-state index is 4.53. The number of rotatable bonds is 6. The first-order valence-corrected chi connectivity index (χ1v) is 10.3. The van der Waals surface area contributed by atoms with E-state index in [1.54, 1.807) is 6.33 Å². The molecule has 1 aliphatic carbocycles. The minimum absolute atomic E-state index is 0.499. The Morgan fingerprint density at radius 1 is 1.07 bits per heavy atom. The van der Waals surface area contributed by atoms with Gasteiger partial charge in [0.25, 0.3) is 0 Å². The Balaban J connectivity index is 1.17. The Bertz CT molecular complexity index is 1040. The van der Waals surface area contributed by atoms with E-state index in [2.05, 4.69) is 62.0 Å². The lowest BCUT2D eigenvalue weighted by Crippen LogP contribution is -2.27. The summed E-state index contributed by atoms with van der Waals surface area (Å²) < 4.78 is 1.82. The Labute approximate surface area is 164 Å². The number of aromatic amines is 1. The fourth-order valence-electron chi connectivity index (χ4n) is 4.52. The summed E-state index contributed by atoms with van der Waals surface area (Å²) >= 11 is 0. The van der Waals surface area contributed by atoms with Gasteiger partial charge in [0.05, 0.1) is 5.69 Å². The average molecular weight is 374 g/mol. The molecule has 144 valence electrons. The Morgan fingerprint density at radius 2 is 1.93 bits per heavy atom.